The van der Waals surface area contributed by atoms with Gasteiger partial charge in [-0.1, -0.05) is 6.92 Å². The molecule has 0 aliphatic carbocycles. The Balaban J connectivity index is 1.67. The quantitative estimate of drug-likeness (QED) is 0.946. The molecular formula is C16H22N4S. The van der Waals surface area contributed by atoms with Gasteiger partial charge in [-0.2, -0.15) is 0 Å². The molecule has 2 saturated heterocycles. The van der Waals surface area contributed by atoms with Crippen LogP contribution in [-0.4, -0.2) is 35.1 Å². The molecule has 2 bridgehead atoms. The molecule has 2 fully saturated rings. The van der Waals surface area contributed by atoms with Crippen molar-refractivity contribution >= 4 is 27.4 Å². The molecule has 4 rings (SSSR count). The lowest BCUT2D eigenvalue weighted by Gasteiger charge is -2.36. The van der Waals surface area contributed by atoms with Crippen LogP contribution in [0.2, 0.25) is 0 Å². The largest absolute Gasteiger partial charge is 0.356 e. The van der Waals surface area contributed by atoms with Gasteiger partial charge in [0.2, 0.25) is 0 Å². The molecule has 0 radical (unpaired) electrons. The van der Waals surface area contributed by atoms with Crippen molar-refractivity contribution in [3.8, 4) is 0 Å². The first-order valence-corrected chi connectivity index (χ1v) is 8.78. The number of rotatable bonds is 3. The average Bonchev–Trinajstić information content (AvgIpc) is 3.08. The summed E-state index contributed by atoms with van der Waals surface area (Å²) in [5.74, 6) is 1.11. The predicted molar refractivity (Wildman–Crippen MR) is 88.2 cm³/mol. The number of aryl methyl sites for hydroxylation is 1. The number of piperidine rings is 1. The van der Waals surface area contributed by atoms with E-state index in [1.165, 1.54) is 35.9 Å². The van der Waals surface area contributed by atoms with Crippen LogP contribution >= 0.6 is 11.3 Å². The third kappa shape index (κ3) is 2.32. The van der Waals surface area contributed by atoms with E-state index in [1.54, 1.807) is 17.7 Å². The summed E-state index contributed by atoms with van der Waals surface area (Å²) in [6, 6.07) is 4.30. The van der Waals surface area contributed by atoms with Gasteiger partial charge in [0.25, 0.3) is 0 Å². The fraction of sp³-hybridized carbons (Fsp3) is 0.625. The summed E-state index contributed by atoms with van der Waals surface area (Å²) >= 11 is 1.80. The number of hydrogen-bond acceptors (Lipinski definition) is 5. The molecule has 2 aromatic heterocycles. The number of anilines is 1. The number of fused-ring (bicyclic) bond motifs is 3. The monoisotopic (exact) mass is 302 g/mol. The predicted octanol–water partition coefficient (Wildman–Crippen LogP) is 2.97. The van der Waals surface area contributed by atoms with E-state index in [9.17, 15) is 0 Å². The minimum Gasteiger partial charge on any atom is -0.356 e. The third-order valence-corrected chi connectivity index (χ3v) is 6.23. The fourth-order valence-electron chi connectivity index (χ4n) is 3.86. The average molecular weight is 302 g/mol. The Hall–Kier alpha value is -1.20. The maximum absolute atomic E-state index is 4.60. The molecule has 2 atom stereocenters. The molecule has 112 valence electrons. The first-order chi connectivity index (χ1) is 10.2. The summed E-state index contributed by atoms with van der Waals surface area (Å²) in [6.45, 7) is 2.20. The lowest BCUT2D eigenvalue weighted by molar-refractivity contribution is 0.354. The summed E-state index contributed by atoms with van der Waals surface area (Å²) in [5, 5.41) is 4.95. The highest BCUT2D eigenvalue weighted by atomic mass is 32.1. The number of hydrogen-bond donors (Lipinski definition) is 1. The maximum Gasteiger partial charge on any atom is 0.140 e. The van der Waals surface area contributed by atoms with Gasteiger partial charge in [-0.25, -0.2) is 9.97 Å². The normalized spacial score (nSPS) is 28.2. The van der Waals surface area contributed by atoms with E-state index in [-0.39, 0.29) is 0 Å². The fourth-order valence-corrected chi connectivity index (χ4v) is 4.79. The van der Waals surface area contributed by atoms with Crippen LogP contribution < -0.4 is 10.2 Å². The number of thiophene rings is 1. The zero-order valence-corrected chi connectivity index (χ0v) is 13.5. The number of nitrogens with one attached hydrogen (secondary N) is 1. The minimum absolute atomic E-state index is 0.604. The summed E-state index contributed by atoms with van der Waals surface area (Å²) in [4.78, 5) is 14.0. The molecule has 0 amide bonds. The van der Waals surface area contributed by atoms with Gasteiger partial charge >= 0.3 is 0 Å². The lowest BCUT2D eigenvalue weighted by Crippen LogP contribution is -2.47. The number of aromatic nitrogens is 2. The zero-order valence-electron chi connectivity index (χ0n) is 12.7. The van der Waals surface area contributed by atoms with Gasteiger partial charge in [-0.05, 0) is 38.2 Å². The molecule has 0 saturated carbocycles. The first-order valence-electron chi connectivity index (χ1n) is 7.97. The van der Waals surface area contributed by atoms with Gasteiger partial charge in [0.15, 0.2) is 0 Å². The van der Waals surface area contributed by atoms with Gasteiger partial charge in [0, 0.05) is 30.1 Å². The first kappa shape index (κ1) is 13.5. The third-order valence-electron chi connectivity index (χ3n) is 5.04. The van der Waals surface area contributed by atoms with E-state index in [4.69, 9.17) is 0 Å². The van der Waals surface area contributed by atoms with Crippen LogP contribution in [0.5, 0.6) is 0 Å². The molecular weight excluding hydrogens is 280 g/mol. The van der Waals surface area contributed by atoms with Crippen molar-refractivity contribution in [1.29, 1.82) is 0 Å². The Morgan fingerprint density at radius 2 is 2.05 bits per heavy atom. The second-order valence-electron chi connectivity index (χ2n) is 6.36. The van der Waals surface area contributed by atoms with Crippen molar-refractivity contribution in [3.05, 3.63) is 17.3 Å². The highest BCUT2D eigenvalue weighted by Gasteiger charge is 2.35. The second kappa shape index (κ2) is 5.21. The SMILES string of the molecule is CCc1cc2c(N(C)C3CC4CCC(C3)N4)ncnc2s1. The Bertz CT molecular complexity index is 641. The summed E-state index contributed by atoms with van der Waals surface area (Å²) in [7, 11) is 2.21. The summed E-state index contributed by atoms with van der Waals surface area (Å²) in [6.07, 6.45) is 7.95. The maximum atomic E-state index is 4.60. The van der Waals surface area contributed by atoms with Gasteiger partial charge < -0.3 is 10.2 Å². The Morgan fingerprint density at radius 1 is 1.29 bits per heavy atom. The molecule has 2 aliphatic rings. The standard InChI is InChI=1S/C16H22N4S/c1-3-13-8-14-15(17-9-18-16(14)21-13)20(2)12-6-10-4-5-11(7-12)19-10/h8-12,19H,3-7H2,1-2H3. The van der Waals surface area contributed by atoms with E-state index < -0.39 is 0 Å². The van der Waals surface area contributed by atoms with E-state index in [1.807, 2.05) is 0 Å². The van der Waals surface area contributed by atoms with Gasteiger partial charge in [0.05, 0.1) is 5.39 Å². The van der Waals surface area contributed by atoms with Crippen LogP contribution in [0.25, 0.3) is 10.2 Å². The van der Waals surface area contributed by atoms with Gasteiger partial charge in [-0.15, -0.1) is 11.3 Å². The van der Waals surface area contributed by atoms with Crippen LogP contribution in [0.15, 0.2) is 12.4 Å². The van der Waals surface area contributed by atoms with Crippen molar-refractivity contribution in [2.45, 2.75) is 57.2 Å². The molecule has 0 spiro atoms. The molecule has 4 heterocycles. The van der Waals surface area contributed by atoms with Crippen molar-refractivity contribution in [2.75, 3.05) is 11.9 Å². The minimum atomic E-state index is 0.604. The zero-order chi connectivity index (χ0) is 14.4. The number of nitrogens with zero attached hydrogens (tertiary/aromatic N) is 3. The van der Waals surface area contributed by atoms with Crippen molar-refractivity contribution in [3.63, 3.8) is 0 Å². The van der Waals surface area contributed by atoms with Crippen LogP contribution in [0.4, 0.5) is 5.82 Å². The molecule has 4 nitrogen and oxygen atoms in total. The van der Waals surface area contributed by atoms with Gasteiger partial charge in [-0.3, -0.25) is 0 Å². The molecule has 2 unspecified atom stereocenters. The lowest BCUT2D eigenvalue weighted by atomic mass is 9.98. The second-order valence-corrected chi connectivity index (χ2v) is 7.47. The van der Waals surface area contributed by atoms with Crippen molar-refractivity contribution in [2.24, 2.45) is 0 Å². The summed E-state index contributed by atoms with van der Waals surface area (Å²) in [5.41, 5.74) is 0. The molecule has 21 heavy (non-hydrogen) atoms. The van der Waals surface area contributed by atoms with E-state index in [2.05, 4.69) is 40.2 Å². The topological polar surface area (TPSA) is 41.0 Å². The van der Waals surface area contributed by atoms with Crippen LogP contribution in [-0.2, 0) is 6.42 Å². The van der Waals surface area contributed by atoms with Crippen LogP contribution in [0.3, 0.4) is 0 Å². The molecule has 2 aliphatic heterocycles. The Labute approximate surface area is 129 Å². The van der Waals surface area contributed by atoms with Crippen LogP contribution in [0.1, 0.15) is 37.5 Å². The Kier molecular flexibility index (Phi) is 3.34. The molecule has 1 N–H and O–H groups in total. The van der Waals surface area contributed by atoms with Crippen molar-refractivity contribution < 1.29 is 0 Å². The highest BCUT2D eigenvalue weighted by molar-refractivity contribution is 7.18. The van der Waals surface area contributed by atoms with E-state index in [0.29, 0.717) is 18.1 Å². The van der Waals surface area contributed by atoms with Crippen molar-refractivity contribution in [1.82, 2.24) is 15.3 Å². The molecule has 5 heteroatoms. The van der Waals surface area contributed by atoms with E-state index >= 15 is 0 Å². The highest BCUT2D eigenvalue weighted by Crippen LogP contribution is 2.35. The molecule has 2 aromatic rings. The Morgan fingerprint density at radius 3 is 2.76 bits per heavy atom. The molecule has 0 aromatic carbocycles. The van der Waals surface area contributed by atoms with E-state index in [0.717, 1.165) is 17.1 Å². The summed E-state index contributed by atoms with van der Waals surface area (Å²) < 4.78 is 0. The van der Waals surface area contributed by atoms with Gasteiger partial charge in [0.1, 0.15) is 17.0 Å². The smallest absolute Gasteiger partial charge is 0.140 e. The van der Waals surface area contributed by atoms with Crippen LogP contribution in [0, 0.1) is 0 Å².